The molecule has 0 spiro atoms. The van der Waals surface area contributed by atoms with E-state index in [2.05, 4.69) is 5.32 Å². The summed E-state index contributed by atoms with van der Waals surface area (Å²) in [6, 6.07) is 0.553. The number of hydrogen-bond acceptors (Lipinski definition) is 4. The fraction of sp³-hybridized carbons (Fsp3) is 1.00. The van der Waals surface area contributed by atoms with Gasteiger partial charge in [0.15, 0.2) is 0 Å². The average molecular weight is 219 g/mol. The van der Waals surface area contributed by atoms with E-state index in [0.29, 0.717) is 6.04 Å². The molecule has 0 saturated carbocycles. The zero-order valence-corrected chi connectivity index (χ0v) is 9.90. The lowest BCUT2D eigenvalue weighted by Gasteiger charge is -2.16. The Bertz CT molecular complexity index is 153. The molecule has 0 aromatic rings. The molecule has 1 unspecified atom stereocenters. The van der Waals surface area contributed by atoms with Crippen molar-refractivity contribution < 1.29 is 9.84 Å². The molecular formula is C10H21NO2S. The summed E-state index contributed by atoms with van der Waals surface area (Å²) in [5.74, 6) is 1.86. The average Bonchev–Trinajstić information content (AvgIpc) is 2.54. The highest BCUT2D eigenvalue weighted by Gasteiger charge is 2.15. The zero-order valence-electron chi connectivity index (χ0n) is 9.08. The van der Waals surface area contributed by atoms with Crippen LogP contribution in [0.2, 0.25) is 0 Å². The molecular weight excluding hydrogens is 198 g/mol. The van der Waals surface area contributed by atoms with Crippen LogP contribution in [0.1, 0.15) is 20.3 Å². The topological polar surface area (TPSA) is 41.5 Å². The van der Waals surface area contributed by atoms with Gasteiger partial charge >= 0.3 is 0 Å². The van der Waals surface area contributed by atoms with Gasteiger partial charge in [-0.3, -0.25) is 0 Å². The van der Waals surface area contributed by atoms with Gasteiger partial charge in [0.2, 0.25) is 0 Å². The smallest absolute Gasteiger partial charge is 0.0681 e. The standard InChI is InChI=1S/C10H21NO2S/c1-10(2,12)8-14-6-4-11-9-3-5-13-7-9/h9,11-12H,3-8H2,1-2H3. The molecule has 1 aliphatic rings. The van der Waals surface area contributed by atoms with Gasteiger partial charge in [0.05, 0.1) is 12.2 Å². The van der Waals surface area contributed by atoms with Crippen molar-refractivity contribution in [2.75, 3.05) is 31.3 Å². The Hall–Kier alpha value is 0.230. The van der Waals surface area contributed by atoms with E-state index < -0.39 is 5.60 Å². The van der Waals surface area contributed by atoms with Crippen LogP contribution in [0.3, 0.4) is 0 Å². The predicted molar refractivity (Wildman–Crippen MR) is 60.8 cm³/mol. The zero-order chi connectivity index (χ0) is 10.4. The normalized spacial score (nSPS) is 22.9. The van der Waals surface area contributed by atoms with Gasteiger partial charge in [-0.1, -0.05) is 0 Å². The molecule has 0 aliphatic carbocycles. The van der Waals surface area contributed by atoms with Crippen LogP contribution in [0.5, 0.6) is 0 Å². The largest absolute Gasteiger partial charge is 0.390 e. The van der Waals surface area contributed by atoms with Crippen molar-refractivity contribution in [2.45, 2.75) is 31.9 Å². The van der Waals surface area contributed by atoms with E-state index in [0.717, 1.165) is 37.7 Å². The van der Waals surface area contributed by atoms with Crippen LogP contribution in [0.15, 0.2) is 0 Å². The first-order valence-corrected chi connectivity index (χ1v) is 6.35. The highest BCUT2D eigenvalue weighted by molar-refractivity contribution is 7.99. The van der Waals surface area contributed by atoms with E-state index in [1.807, 2.05) is 13.8 Å². The Labute approximate surface area is 90.6 Å². The van der Waals surface area contributed by atoms with Gasteiger partial charge in [0.25, 0.3) is 0 Å². The number of ether oxygens (including phenoxy) is 1. The molecule has 14 heavy (non-hydrogen) atoms. The fourth-order valence-electron chi connectivity index (χ4n) is 1.35. The van der Waals surface area contributed by atoms with Crippen molar-refractivity contribution in [3.8, 4) is 0 Å². The summed E-state index contributed by atoms with van der Waals surface area (Å²) in [6.45, 7) is 6.45. The summed E-state index contributed by atoms with van der Waals surface area (Å²) in [7, 11) is 0. The first kappa shape index (κ1) is 12.3. The van der Waals surface area contributed by atoms with Gasteiger partial charge in [0.1, 0.15) is 0 Å². The molecule has 84 valence electrons. The summed E-state index contributed by atoms with van der Waals surface area (Å²) in [6.07, 6.45) is 1.14. The van der Waals surface area contributed by atoms with Crippen LogP contribution in [-0.2, 0) is 4.74 Å². The molecule has 0 bridgehead atoms. The van der Waals surface area contributed by atoms with E-state index in [-0.39, 0.29) is 0 Å². The lowest BCUT2D eigenvalue weighted by molar-refractivity contribution is 0.107. The van der Waals surface area contributed by atoms with E-state index in [4.69, 9.17) is 4.74 Å². The van der Waals surface area contributed by atoms with E-state index in [1.54, 1.807) is 11.8 Å². The van der Waals surface area contributed by atoms with Gasteiger partial charge in [-0.05, 0) is 20.3 Å². The van der Waals surface area contributed by atoms with Gasteiger partial charge < -0.3 is 15.2 Å². The van der Waals surface area contributed by atoms with Gasteiger partial charge in [-0.2, -0.15) is 11.8 Å². The lowest BCUT2D eigenvalue weighted by atomic mass is 10.2. The predicted octanol–water partition coefficient (Wildman–Crippen LogP) is 0.869. The molecule has 1 saturated heterocycles. The minimum Gasteiger partial charge on any atom is -0.390 e. The molecule has 1 heterocycles. The Morgan fingerprint density at radius 2 is 2.36 bits per heavy atom. The van der Waals surface area contributed by atoms with Crippen molar-refractivity contribution in [1.29, 1.82) is 0 Å². The lowest BCUT2D eigenvalue weighted by Crippen LogP contribution is -2.31. The summed E-state index contributed by atoms with van der Waals surface area (Å²) in [5, 5.41) is 12.9. The molecule has 1 atom stereocenters. The van der Waals surface area contributed by atoms with Gasteiger partial charge in [-0.25, -0.2) is 0 Å². The van der Waals surface area contributed by atoms with Crippen LogP contribution >= 0.6 is 11.8 Å². The van der Waals surface area contributed by atoms with Crippen molar-refractivity contribution in [3.63, 3.8) is 0 Å². The molecule has 3 nitrogen and oxygen atoms in total. The van der Waals surface area contributed by atoms with Crippen LogP contribution in [0.25, 0.3) is 0 Å². The van der Waals surface area contributed by atoms with Crippen molar-refractivity contribution >= 4 is 11.8 Å². The molecule has 0 amide bonds. The maximum absolute atomic E-state index is 9.47. The molecule has 0 aromatic heterocycles. The summed E-state index contributed by atoms with van der Waals surface area (Å²) in [5.41, 5.74) is -0.541. The third-order valence-electron chi connectivity index (χ3n) is 2.06. The van der Waals surface area contributed by atoms with Crippen LogP contribution < -0.4 is 5.32 Å². The Morgan fingerprint density at radius 1 is 1.57 bits per heavy atom. The van der Waals surface area contributed by atoms with E-state index in [9.17, 15) is 5.11 Å². The first-order valence-electron chi connectivity index (χ1n) is 5.19. The molecule has 1 fully saturated rings. The summed E-state index contributed by atoms with van der Waals surface area (Å²) >= 11 is 1.79. The highest BCUT2D eigenvalue weighted by atomic mass is 32.2. The van der Waals surface area contributed by atoms with Crippen molar-refractivity contribution in [1.82, 2.24) is 5.32 Å². The van der Waals surface area contributed by atoms with Gasteiger partial charge in [0, 0.05) is 30.7 Å². The molecule has 0 aromatic carbocycles. The highest BCUT2D eigenvalue weighted by Crippen LogP contribution is 2.11. The Kier molecular flexibility index (Phi) is 5.23. The number of hydrogen-bond donors (Lipinski definition) is 2. The minimum absolute atomic E-state index is 0.541. The maximum Gasteiger partial charge on any atom is 0.0681 e. The summed E-state index contributed by atoms with van der Waals surface area (Å²) in [4.78, 5) is 0. The molecule has 4 heteroatoms. The van der Waals surface area contributed by atoms with E-state index >= 15 is 0 Å². The second-order valence-corrected chi connectivity index (χ2v) is 5.48. The first-order chi connectivity index (χ1) is 6.58. The number of nitrogens with one attached hydrogen (secondary N) is 1. The number of rotatable bonds is 6. The monoisotopic (exact) mass is 219 g/mol. The second-order valence-electron chi connectivity index (χ2n) is 4.38. The third-order valence-corrected chi connectivity index (χ3v) is 3.47. The maximum atomic E-state index is 9.47. The minimum atomic E-state index is -0.541. The van der Waals surface area contributed by atoms with E-state index in [1.165, 1.54) is 0 Å². The fourth-order valence-corrected chi connectivity index (χ4v) is 2.26. The molecule has 0 radical (unpaired) electrons. The number of thioether (sulfide) groups is 1. The van der Waals surface area contributed by atoms with Gasteiger partial charge in [-0.15, -0.1) is 0 Å². The third kappa shape index (κ3) is 5.86. The SMILES string of the molecule is CC(C)(O)CSCCNC1CCOC1. The van der Waals surface area contributed by atoms with Crippen LogP contribution in [0.4, 0.5) is 0 Å². The van der Waals surface area contributed by atoms with Crippen LogP contribution in [0, 0.1) is 0 Å². The second kappa shape index (κ2) is 5.95. The molecule has 2 N–H and O–H groups in total. The Balaban J connectivity index is 1.89. The summed E-state index contributed by atoms with van der Waals surface area (Å²) < 4.78 is 5.26. The molecule has 1 aliphatic heterocycles. The quantitative estimate of drug-likeness (QED) is 0.650. The molecule has 1 rings (SSSR count). The van der Waals surface area contributed by atoms with Crippen molar-refractivity contribution in [2.24, 2.45) is 0 Å². The van der Waals surface area contributed by atoms with Crippen LogP contribution in [-0.4, -0.2) is 48.0 Å². The number of aliphatic hydroxyl groups is 1. The van der Waals surface area contributed by atoms with Crippen molar-refractivity contribution in [3.05, 3.63) is 0 Å². The Morgan fingerprint density at radius 3 is 2.93 bits per heavy atom.